The van der Waals surface area contributed by atoms with Crippen LogP contribution < -0.4 is 0 Å². The summed E-state index contributed by atoms with van der Waals surface area (Å²) in [4.78, 5) is 25.1. The molecule has 0 radical (unpaired) electrons. The van der Waals surface area contributed by atoms with Crippen LogP contribution >= 0.6 is 0 Å². The average Bonchev–Trinajstić information content (AvgIpc) is 2.45. The minimum atomic E-state index is -3.12. The van der Waals surface area contributed by atoms with Crippen LogP contribution in [-0.2, 0) is 20.4 Å². The van der Waals surface area contributed by atoms with Gasteiger partial charge in [0.25, 0.3) is 5.91 Å². The van der Waals surface area contributed by atoms with Gasteiger partial charge in [0.15, 0.2) is 9.84 Å². The summed E-state index contributed by atoms with van der Waals surface area (Å²) in [5, 5.41) is 9.22. The van der Waals surface area contributed by atoms with Gasteiger partial charge in [-0.05, 0) is 37.0 Å². The zero-order chi connectivity index (χ0) is 16.3. The molecule has 0 aromatic heterocycles. The van der Waals surface area contributed by atoms with Gasteiger partial charge in [0, 0.05) is 18.4 Å². The van der Waals surface area contributed by atoms with Gasteiger partial charge in [-0.3, -0.25) is 4.79 Å². The number of likely N-dealkylation sites (tertiary alicyclic amines) is 1. The minimum Gasteiger partial charge on any atom is -0.480 e. The molecule has 2 rings (SSSR count). The summed E-state index contributed by atoms with van der Waals surface area (Å²) in [5.41, 5.74) is 0.984. The number of carboxylic acid groups (broad SMARTS) is 1. The lowest BCUT2D eigenvalue weighted by Crippen LogP contribution is -2.47. The van der Waals surface area contributed by atoms with Crippen LogP contribution in [0, 0.1) is 0 Å². The lowest BCUT2D eigenvalue weighted by Gasteiger charge is -2.33. The van der Waals surface area contributed by atoms with Crippen LogP contribution in [0.4, 0.5) is 0 Å². The molecule has 1 amide bonds. The fourth-order valence-corrected chi connectivity index (χ4v) is 3.44. The number of amides is 1. The Hall–Kier alpha value is -1.89. The lowest BCUT2D eigenvalue weighted by atomic mass is 10.0. The smallest absolute Gasteiger partial charge is 0.326 e. The quantitative estimate of drug-likeness (QED) is 0.901. The number of piperidine rings is 1. The summed E-state index contributed by atoms with van der Waals surface area (Å²) in [5.74, 6) is -1.39. The van der Waals surface area contributed by atoms with Crippen molar-refractivity contribution < 1.29 is 23.1 Å². The second-order valence-electron chi connectivity index (χ2n) is 5.62. The second-order valence-corrected chi connectivity index (χ2v) is 7.76. The van der Waals surface area contributed by atoms with Crippen molar-refractivity contribution in [2.45, 2.75) is 31.1 Å². The molecule has 1 aromatic rings. The van der Waals surface area contributed by atoms with E-state index in [2.05, 4.69) is 0 Å². The summed E-state index contributed by atoms with van der Waals surface area (Å²) in [7, 11) is -3.12. The van der Waals surface area contributed by atoms with E-state index in [9.17, 15) is 23.1 Å². The van der Waals surface area contributed by atoms with Crippen molar-refractivity contribution in [2.24, 2.45) is 0 Å². The third-order valence-corrected chi connectivity index (χ3v) is 4.54. The van der Waals surface area contributed by atoms with Crippen LogP contribution in [0.25, 0.3) is 0 Å². The molecule has 22 heavy (non-hydrogen) atoms. The van der Waals surface area contributed by atoms with E-state index >= 15 is 0 Å². The molecule has 6 nitrogen and oxygen atoms in total. The van der Waals surface area contributed by atoms with E-state index in [0.717, 1.165) is 19.1 Å². The third kappa shape index (κ3) is 4.07. The number of carbonyl (C=O) groups excluding carboxylic acids is 1. The fraction of sp³-hybridized carbons (Fsp3) is 0.467. The molecule has 1 aromatic carbocycles. The van der Waals surface area contributed by atoms with Crippen molar-refractivity contribution in [1.82, 2.24) is 4.90 Å². The molecular weight excluding hydrogens is 306 g/mol. The molecule has 120 valence electrons. The Bertz CT molecular complexity index is 666. The highest BCUT2D eigenvalue weighted by atomic mass is 32.2. The predicted molar refractivity (Wildman–Crippen MR) is 81.3 cm³/mol. The predicted octanol–water partition coefficient (Wildman–Crippen LogP) is 1.31. The number of sulfone groups is 1. The van der Waals surface area contributed by atoms with Gasteiger partial charge in [0.1, 0.15) is 6.04 Å². The van der Waals surface area contributed by atoms with Crippen molar-refractivity contribution >= 4 is 21.7 Å². The van der Waals surface area contributed by atoms with Crippen LogP contribution in [0.2, 0.25) is 0 Å². The maximum atomic E-state index is 12.5. The molecule has 1 aliphatic rings. The molecule has 0 spiro atoms. The number of nitrogens with zero attached hydrogens (tertiary/aromatic N) is 1. The van der Waals surface area contributed by atoms with Gasteiger partial charge in [-0.2, -0.15) is 0 Å². The molecular formula is C15H19NO5S. The molecule has 1 heterocycles. The number of carboxylic acids is 1. The largest absolute Gasteiger partial charge is 0.480 e. The van der Waals surface area contributed by atoms with E-state index in [1.165, 1.54) is 4.90 Å². The van der Waals surface area contributed by atoms with E-state index in [1.807, 2.05) is 0 Å². The Morgan fingerprint density at radius 3 is 2.41 bits per heavy atom. The number of benzene rings is 1. The molecule has 0 aliphatic carbocycles. The van der Waals surface area contributed by atoms with Gasteiger partial charge in [-0.1, -0.05) is 12.1 Å². The first-order valence-corrected chi connectivity index (χ1v) is 9.14. The molecule has 0 unspecified atom stereocenters. The lowest BCUT2D eigenvalue weighted by molar-refractivity contribution is -0.143. The van der Waals surface area contributed by atoms with Crippen molar-refractivity contribution in [3.63, 3.8) is 0 Å². The number of carbonyl (C=O) groups is 2. The Kier molecular flexibility index (Phi) is 4.85. The highest BCUT2D eigenvalue weighted by Gasteiger charge is 2.32. The molecule has 1 fully saturated rings. The highest BCUT2D eigenvalue weighted by molar-refractivity contribution is 7.89. The molecule has 0 bridgehead atoms. The first kappa shape index (κ1) is 16.5. The van der Waals surface area contributed by atoms with Gasteiger partial charge < -0.3 is 10.0 Å². The van der Waals surface area contributed by atoms with Crippen LogP contribution in [-0.4, -0.2) is 49.1 Å². The highest BCUT2D eigenvalue weighted by Crippen LogP contribution is 2.20. The first-order valence-electron chi connectivity index (χ1n) is 7.08. The normalized spacial score (nSPS) is 19.0. The summed E-state index contributed by atoms with van der Waals surface area (Å²) in [6.45, 7) is 0.431. The number of aliphatic carboxylic acids is 1. The van der Waals surface area contributed by atoms with E-state index in [1.54, 1.807) is 24.3 Å². The van der Waals surface area contributed by atoms with Gasteiger partial charge in [0.05, 0.1) is 5.75 Å². The Labute approximate surface area is 129 Å². The Balaban J connectivity index is 2.16. The summed E-state index contributed by atoms with van der Waals surface area (Å²) >= 11 is 0. The van der Waals surface area contributed by atoms with E-state index in [0.29, 0.717) is 24.1 Å². The van der Waals surface area contributed by atoms with Crippen LogP contribution in [0.1, 0.15) is 35.2 Å². The van der Waals surface area contributed by atoms with Crippen molar-refractivity contribution in [3.05, 3.63) is 35.4 Å². The molecule has 1 aliphatic heterocycles. The standard InChI is InChI=1S/C15H19NO5S/c1-22(20,21)10-11-5-7-12(8-6-11)14(17)16-9-3-2-4-13(16)15(18)19/h5-8,13H,2-4,9-10H2,1H3,(H,18,19)/t13-/m0/s1. The van der Waals surface area contributed by atoms with Crippen molar-refractivity contribution in [1.29, 1.82) is 0 Å². The fourth-order valence-electron chi connectivity index (χ4n) is 2.64. The SMILES string of the molecule is CS(=O)(=O)Cc1ccc(C(=O)N2CCCC[C@H]2C(=O)O)cc1. The van der Waals surface area contributed by atoms with E-state index in [-0.39, 0.29) is 11.7 Å². The summed E-state index contributed by atoms with van der Waals surface area (Å²) < 4.78 is 22.5. The summed E-state index contributed by atoms with van der Waals surface area (Å²) in [6.07, 6.45) is 3.21. The maximum absolute atomic E-state index is 12.5. The maximum Gasteiger partial charge on any atom is 0.326 e. The monoisotopic (exact) mass is 325 g/mol. The van der Waals surface area contributed by atoms with Crippen molar-refractivity contribution in [3.8, 4) is 0 Å². The first-order chi connectivity index (χ1) is 10.3. The van der Waals surface area contributed by atoms with Gasteiger partial charge in [-0.15, -0.1) is 0 Å². The van der Waals surface area contributed by atoms with Crippen LogP contribution in [0.3, 0.4) is 0 Å². The number of hydrogen-bond acceptors (Lipinski definition) is 4. The molecule has 1 N–H and O–H groups in total. The average molecular weight is 325 g/mol. The second kappa shape index (κ2) is 6.48. The van der Waals surface area contributed by atoms with Crippen LogP contribution in [0.15, 0.2) is 24.3 Å². The Morgan fingerprint density at radius 2 is 1.86 bits per heavy atom. The molecule has 1 saturated heterocycles. The molecule has 1 atom stereocenters. The van der Waals surface area contributed by atoms with E-state index in [4.69, 9.17) is 0 Å². The number of rotatable bonds is 4. The summed E-state index contributed by atoms with van der Waals surface area (Å²) in [6, 6.07) is 5.51. The third-order valence-electron chi connectivity index (χ3n) is 3.68. The van der Waals surface area contributed by atoms with Gasteiger partial charge >= 0.3 is 5.97 Å². The number of hydrogen-bond donors (Lipinski definition) is 1. The molecule has 0 saturated carbocycles. The Morgan fingerprint density at radius 1 is 1.23 bits per heavy atom. The zero-order valence-corrected chi connectivity index (χ0v) is 13.2. The minimum absolute atomic E-state index is 0.0804. The van der Waals surface area contributed by atoms with Gasteiger partial charge in [-0.25, -0.2) is 13.2 Å². The molecule has 7 heteroatoms. The topological polar surface area (TPSA) is 91.8 Å². The van der Waals surface area contributed by atoms with Crippen LogP contribution in [0.5, 0.6) is 0 Å². The van der Waals surface area contributed by atoms with E-state index < -0.39 is 21.8 Å². The van der Waals surface area contributed by atoms with Crippen molar-refractivity contribution in [2.75, 3.05) is 12.8 Å². The zero-order valence-electron chi connectivity index (χ0n) is 12.4. The van der Waals surface area contributed by atoms with Gasteiger partial charge in [0.2, 0.25) is 0 Å².